The maximum atomic E-state index is 13.1. The molecule has 0 spiro atoms. The molecule has 2 aromatic carbocycles. The highest BCUT2D eigenvalue weighted by Gasteiger charge is 2.31. The minimum absolute atomic E-state index is 0.193. The van der Waals surface area contributed by atoms with Gasteiger partial charge in [-0.2, -0.15) is 0 Å². The molecule has 0 aliphatic carbocycles. The van der Waals surface area contributed by atoms with Crippen LogP contribution in [0.3, 0.4) is 0 Å². The van der Waals surface area contributed by atoms with Gasteiger partial charge in [0.25, 0.3) is 5.91 Å². The molecule has 0 saturated carbocycles. The lowest BCUT2D eigenvalue weighted by Gasteiger charge is -2.30. The molecule has 0 radical (unpaired) electrons. The van der Waals surface area contributed by atoms with Crippen molar-refractivity contribution in [3.63, 3.8) is 0 Å². The van der Waals surface area contributed by atoms with Crippen LogP contribution in [0.1, 0.15) is 41.3 Å². The highest BCUT2D eigenvalue weighted by molar-refractivity contribution is 5.95. The average molecular weight is 383 g/mol. The van der Waals surface area contributed by atoms with Crippen LogP contribution in [0.15, 0.2) is 48.5 Å². The van der Waals surface area contributed by atoms with Crippen molar-refractivity contribution < 1.29 is 23.8 Å². The van der Waals surface area contributed by atoms with Crippen molar-refractivity contribution in [3.05, 3.63) is 59.7 Å². The van der Waals surface area contributed by atoms with Crippen molar-refractivity contribution in [2.75, 3.05) is 27.3 Å². The first-order valence-corrected chi connectivity index (χ1v) is 9.40. The number of hydrogen-bond acceptors (Lipinski definition) is 5. The van der Waals surface area contributed by atoms with Crippen LogP contribution in [0.5, 0.6) is 11.5 Å². The van der Waals surface area contributed by atoms with Crippen LogP contribution < -0.4 is 9.47 Å². The van der Waals surface area contributed by atoms with Crippen molar-refractivity contribution in [1.82, 2.24) is 4.90 Å². The molecule has 1 aliphatic heterocycles. The van der Waals surface area contributed by atoms with E-state index in [9.17, 15) is 9.59 Å². The lowest BCUT2D eigenvalue weighted by atomic mass is 10.1. The Kier molecular flexibility index (Phi) is 6.53. The predicted octanol–water partition coefficient (Wildman–Crippen LogP) is 3.61. The molecule has 3 rings (SSSR count). The van der Waals surface area contributed by atoms with Gasteiger partial charge < -0.3 is 19.1 Å². The number of amides is 1. The second-order valence-corrected chi connectivity index (χ2v) is 6.65. The summed E-state index contributed by atoms with van der Waals surface area (Å²) in [6.45, 7) is 1.37. The summed E-state index contributed by atoms with van der Waals surface area (Å²) in [6, 6.07) is 14.0. The quantitative estimate of drug-likeness (QED) is 0.713. The van der Waals surface area contributed by atoms with Gasteiger partial charge in [-0.25, -0.2) is 4.79 Å². The summed E-state index contributed by atoms with van der Waals surface area (Å²) in [5.41, 5.74) is 0.863. The molecular weight excluding hydrogens is 358 g/mol. The van der Waals surface area contributed by atoms with Gasteiger partial charge in [0, 0.05) is 18.7 Å². The van der Waals surface area contributed by atoms with E-state index < -0.39 is 12.1 Å². The molecule has 1 saturated heterocycles. The summed E-state index contributed by atoms with van der Waals surface area (Å²) in [7, 11) is 3.00. The maximum absolute atomic E-state index is 13.1. The van der Waals surface area contributed by atoms with E-state index >= 15 is 0 Å². The minimum atomic E-state index is -0.997. The van der Waals surface area contributed by atoms with Crippen LogP contribution in [0.25, 0.3) is 0 Å². The number of carbonyl (C=O) groups is 2. The molecule has 6 nitrogen and oxygen atoms in total. The molecule has 1 fully saturated rings. The first-order valence-electron chi connectivity index (χ1n) is 9.40. The molecule has 1 aliphatic rings. The first kappa shape index (κ1) is 19.7. The smallest absolute Gasteiger partial charge is 0.343 e. The van der Waals surface area contributed by atoms with Gasteiger partial charge in [-0.1, -0.05) is 30.3 Å². The number of piperidine rings is 1. The molecule has 28 heavy (non-hydrogen) atoms. The number of ether oxygens (including phenoxy) is 3. The van der Waals surface area contributed by atoms with E-state index in [1.807, 2.05) is 18.2 Å². The molecule has 1 heterocycles. The number of nitrogens with zero attached hydrogens (tertiary/aromatic N) is 1. The summed E-state index contributed by atoms with van der Waals surface area (Å²) in [4.78, 5) is 27.8. The molecule has 1 atom stereocenters. The SMILES string of the molecule is COc1ccc(OC)c(C(=O)O[C@H](C(=O)N2CCCCC2)c2ccccc2)c1. The number of hydrogen-bond donors (Lipinski definition) is 0. The van der Waals surface area contributed by atoms with Crippen LogP contribution >= 0.6 is 0 Å². The third-order valence-electron chi connectivity index (χ3n) is 4.85. The molecule has 2 aromatic rings. The van der Waals surface area contributed by atoms with Gasteiger partial charge in [-0.05, 0) is 37.5 Å². The van der Waals surface area contributed by atoms with E-state index in [1.165, 1.54) is 14.2 Å². The normalized spacial score (nSPS) is 14.9. The van der Waals surface area contributed by atoms with E-state index in [1.54, 1.807) is 35.2 Å². The van der Waals surface area contributed by atoms with Crippen molar-refractivity contribution in [2.45, 2.75) is 25.4 Å². The van der Waals surface area contributed by atoms with Crippen molar-refractivity contribution in [1.29, 1.82) is 0 Å². The molecule has 148 valence electrons. The van der Waals surface area contributed by atoms with Gasteiger partial charge in [0.1, 0.15) is 17.1 Å². The van der Waals surface area contributed by atoms with Gasteiger partial charge in [-0.3, -0.25) is 4.79 Å². The molecule has 6 heteroatoms. The zero-order valence-electron chi connectivity index (χ0n) is 16.2. The Morgan fingerprint density at radius 1 is 0.929 bits per heavy atom. The first-order chi connectivity index (χ1) is 13.6. The number of benzene rings is 2. The Hall–Kier alpha value is -3.02. The van der Waals surface area contributed by atoms with E-state index in [2.05, 4.69) is 0 Å². The van der Waals surface area contributed by atoms with Gasteiger partial charge in [0.2, 0.25) is 6.10 Å². The van der Waals surface area contributed by atoms with E-state index in [0.717, 1.165) is 19.3 Å². The number of esters is 1. The zero-order chi connectivity index (χ0) is 19.9. The Balaban J connectivity index is 1.89. The van der Waals surface area contributed by atoms with Crippen molar-refractivity contribution >= 4 is 11.9 Å². The fourth-order valence-corrected chi connectivity index (χ4v) is 3.31. The van der Waals surface area contributed by atoms with Crippen LogP contribution in [0.2, 0.25) is 0 Å². The van der Waals surface area contributed by atoms with E-state index in [4.69, 9.17) is 14.2 Å². The molecule has 0 bridgehead atoms. The highest BCUT2D eigenvalue weighted by Crippen LogP contribution is 2.28. The van der Waals surface area contributed by atoms with Crippen molar-refractivity contribution in [2.24, 2.45) is 0 Å². The largest absolute Gasteiger partial charge is 0.497 e. The minimum Gasteiger partial charge on any atom is -0.497 e. The second kappa shape index (κ2) is 9.26. The van der Waals surface area contributed by atoms with Crippen LogP contribution in [-0.2, 0) is 9.53 Å². The lowest BCUT2D eigenvalue weighted by molar-refractivity contribution is -0.142. The van der Waals surface area contributed by atoms with Gasteiger partial charge >= 0.3 is 5.97 Å². The molecule has 1 amide bonds. The summed E-state index contributed by atoms with van der Waals surface area (Å²) in [5, 5.41) is 0. The third-order valence-corrected chi connectivity index (χ3v) is 4.85. The Morgan fingerprint density at radius 2 is 1.64 bits per heavy atom. The summed E-state index contributed by atoms with van der Waals surface area (Å²) in [6.07, 6.45) is 2.04. The standard InChI is InChI=1S/C22H25NO5/c1-26-17-11-12-19(27-2)18(15-17)22(25)28-20(16-9-5-3-6-10-16)21(24)23-13-7-4-8-14-23/h3,5-6,9-12,15,20H,4,7-8,13-14H2,1-2H3/t20-/m0/s1. The average Bonchev–Trinajstić information content (AvgIpc) is 2.77. The molecular formula is C22H25NO5. The highest BCUT2D eigenvalue weighted by atomic mass is 16.6. The maximum Gasteiger partial charge on any atom is 0.343 e. The van der Waals surface area contributed by atoms with Gasteiger partial charge in [-0.15, -0.1) is 0 Å². The Morgan fingerprint density at radius 3 is 2.29 bits per heavy atom. The topological polar surface area (TPSA) is 65.1 Å². The number of likely N-dealkylation sites (tertiary alicyclic amines) is 1. The lowest BCUT2D eigenvalue weighted by Crippen LogP contribution is -2.40. The van der Waals surface area contributed by atoms with Crippen molar-refractivity contribution in [3.8, 4) is 11.5 Å². The Labute approximate surface area is 165 Å². The van der Waals surface area contributed by atoms with E-state index in [0.29, 0.717) is 30.2 Å². The summed E-state index contributed by atoms with van der Waals surface area (Å²) < 4.78 is 16.2. The number of carbonyl (C=O) groups excluding carboxylic acids is 2. The van der Waals surface area contributed by atoms with E-state index in [-0.39, 0.29) is 11.5 Å². The zero-order valence-corrected chi connectivity index (χ0v) is 16.2. The monoisotopic (exact) mass is 383 g/mol. The third kappa shape index (κ3) is 4.44. The molecule has 0 unspecified atom stereocenters. The molecule has 0 aromatic heterocycles. The summed E-state index contributed by atoms with van der Waals surface area (Å²) >= 11 is 0. The fourth-order valence-electron chi connectivity index (χ4n) is 3.31. The summed E-state index contributed by atoms with van der Waals surface area (Å²) in [5.74, 6) is 0.0467. The van der Waals surface area contributed by atoms with Crippen LogP contribution in [0, 0.1) is 0 Å². The number of methoxy groups -OCH3 is 2. The van der Waals surface area contributed by atoms with Gasteiger partial charge in [0.05, 0.1) is 14.2 Å². The Bertz CT molecular complexity index is 815. The fraction of sp³-hybridized carbons (Fsp3) is 0.364. The van der Waals surface area contributed by atoms with Crippen LogP contribution in [0.4, 0.5) is 0 Å². The molecule has 0 N–H and O–H groups in total. The van der Waals surface area contributed by atoms with Gasteiger partial charge in [0.15, 0.2) is 0 Å². The predicted molar refractivity (Wildman–Crippen MR) is 105 cm³/mol. The van der Waals surface area contributed by atoms with Crippen LogP contribution in [-0.4, -0.2) is 44.1 Å². The number of rotatable bonds is 6. The second-order valence-electron chi connectivity index (χ2n) is 6.65.